The molecule has 0 saturated carbocycles. The van der Waals surface area contributed by atoms with E-state index in [2.05, 4.69) is 23.0 Å². The maximum absolute atomic E-state index is 13.4. The number of piperidine rings is 1. The molecule has 1 atom stereocenters. The van der Waals surface area contributed by atoms with Crippen molar-refractivity contribution in [3.63, 3.8) is 0 Å². The minimum atomic E-state index is -0.163. The van der Waals surface area contributed by atoms with Gasteiger partial charge in [0.15, 0.2) is 0 Å². The Balaban J connectivity index is 1.56. The zero-order chi connectivity index (χ0) is 20.7. The number of hydrogen-bond acceptors (Lipinski definition) is 4. The number of hydrogen-bond donors (Lipinski definition) is 0. The van der Waals surface area contributed by atoms with Crippen LogP contribution < -0.4 is 0 Å². The third-order valence-electron chi connectivity index (χ3n) is 6.77. The number of amides is 2. The Morgan fingerprint density at radius 1 is 1.14 bits per heavy atom. The summed E-state index contributed by atoms with van der Waals surface area (Å²) in [6.45, 7) is 14.5. The van der Waals surface area contributed by atoms with Gasteiger partial charge >= 0.3 is 0 Å². The van der Waals surface area contributed by atoms with Crippen LogP contribution >= 0.6 is 0 Å². The largest absolute Gasteiger partial charge is 0.379 e. The van der Waals surface area contributed by atoms with Gasteiger partial charge < -0.3 is 14.5 Å². The first kappa shape index (κ1) is 22.0. The second-order valence-corrected chi connectivity index (χ2v) is 8.69. The maximum atomic E-state index is 13.4. The van der Waals surface area contributed by atoms with Crippen molar-refractivity contribution in [3.05, 3.63) is 25.3 Å². The number of carbonyl (C=O) groups excluding carboxylic acids is 2. The number of likely N-dealkylation sites (tertiary alicyclic amines) is 2. The standard InChI is InChI=1S/C23H37N3O3/c1-3-9-23(10-4-2)11-5-14-26(23)22(28)20-7-8-21(27)25(19-20)13-6-12-24-15-17-29-18-16-24/h3-4,20H,1-2,5-19H2/t20-/m1/s1. The lowest BCUT2D eigenvalue weighted by molar-refractivity contribution is -0.145. The molecule has 3 rings (SSSR count). The fraction of sp³-hybridized carbons (Fsp3) is 0.739. The van der Waals surface area contributed by atoms with E-state index < -0.39 is 0 Å². The average Bonchev–Trinajstić information content (AvgIpc) is 3.13. The van der Waals surface area contributed by atoms with Crippen molar-refractivity contribution in [2.75, 3.05) is 52.5 Å². The van der Waals surface area contributed by atoms with Crippen molar-refractivity contribution >= 4 is 11.8 Å². The third kappa shape index (κ3) is 5.28. The zero-order valence-electron chi connectivity index (χ0n) is 17.8. The normalized spacial score (nSPS) is 25.2. The van der Waals surface area contributed by atoms with E-state index in [1.807, 2.05) is 17.1 Å². The van der Waals surface area contributed by atoms with Gasteiger partial charge in [0.05, 0.1) is 19.1 Å². The molecule has 3 fully saturated rings. The molecule has 162 valence electrons. The van der Waals surface area contributed by atoms with Gasteiger partial charge in [-0.3, -0.25) is 14.5 Å². The summed E-state index contributed by atoms with van der Waals surface area (Å²) in [5, 5.41) is 0. The van der Waals surface area contributed by atoms with E-state index in [0.29, 0.717) is 19.4 Å². The van der Waals surface area contributed by atoms with Crippen molar-refractivity contribution in [1.29, 1.82) is 0 Å². The van der Waals surface area contributed by atoms with Gasteiger partial charge in [-0.1, -0.05) is 12.2 Å². The van der Waals surface area contributed by atoms with Gasteiger partial charge in [-0.25, -0.2) is 0 Å². The van der Waals surface area contributed by atoms with Crippen LogP contribution in [0.1, 0.15) is 44.9 Å². The van der Waals surface area contributed by atoms with E-state index in [9.17, 15) is 9.59 Å². The highest BCUT2D eigenvalue weighted by atomic mass is 16.5. The minimum absolute atomic E-state index is 0.0804. The van der Waals surface area contributed by atoms with Gasteiger partial charge in [0.2, 0.25) is 11.8 Å². The van der Waals surface area contributed by atoms with Gasteiger partial charge in [0.1, 0.15) is 0 Å². The molecule has 0 aromatic rings. The Kier molecular flexibility index (Phi) is 7.90. The predicted molar refractivity (Wildman–Crippen MR) is 114 cm³/mol. The Morgan fingerprint density at radius 2 is 1.86 bits per heavy atom. The van der Waals surface area contributed by atoms with E-state index in [0.717, 1.165) is 78.0 Å². The van der Waals surface area contributed by atoms with Crippen LogP contribution in [0, 0.1) is 5.92 Å². The van der Waals surface area contributed by atoms with E-state index in [1.54, 1.807) is 0 Å². The molecule has 0 unspecified atom stereocenters. The van der Waals surface area contributed by atoms with E-state index >= 15 is 0 Å². The van der Waals surface area contributed by atoms with Crippen LogP contribution in [0.25, 0.3) is 0 Å². The minimum Gasteiger partial charge on any atom is -0.379 e. The molecule has 0 bridgehead atoms. The number of ether oxygens (including phenoxy) is 1. The molecule has 0 aliphatic carbocycles. The summed E-state index contributed by atoms with van der Waals surface area (Å²) in [4.78, 5) is 32.3. The van der Waals surface area contributed by atoms with Crippen molar-refractivity contribution in [3.8, 4) is 0 Å². The van der Waals surface area contributed by atoms with Gasteiger partial charge in [-0.15, -0.1) is 13.2 Å². The number of morpholine rings is 1. The molecule has 0 N–H and O–H groups in total. The summed E-state index contributed by atoms with van der Waals surface area (Å²) in [5.41, 5.74) is -0.163. The Hall–Kier alpha value is -1.66. The molecule has 0 radical (unpaired) electrons. The van der Waals surface area contributed by atoms with E-state index in [-0.39, 0.29) is 23.3 Å². The topological polar surface area (TPSA) is 53.1 Å². The quantitative estimate of drug-likeness (QED) is 0.555. The molecular formula is C23H37N3O3. The second-order valence-electron chi connectivity index (χ2n) is 8.69. The molecule has 0 aromatic heterocycles. The van der Waals surface area contributed by atoms with Crippen LogP contribution in [0.5, 0.6) is 0 Å². The molecule has 3 heterocycles. The van der Waals surface area contributed by atoms with Crippen LogP contribution in [0.4, 0.5) is 0 Å². The highest BCUT2D eigenvalue weighted by molar-refractivity contribution is 5.84. The molecule has 0 aromatic carbocycles. The maximum Gasteiger partial charge on any atom is 0.227 e. The van der Waals surface area contributed by atoms with Crippen molar-refractivity contribution in [2.45, 2.75) is 50.5 Å². The number of rotatable bonds is 9. The second kappa shape index (κ2) is 10.4. The summed E-state index contributed by atoms with van der Waals surface area (Å²) in [6.07, 6.45) is 9.61. The molecule has 2 amide bonds. The molecule has 29 heavy (non-hydrogen) atoms. The first-order valence-corrected chi connectivity index (χ1v) is 11.2. The summed E-state index contributed by atoms with van der Waals surface area (Å²) in [5.74, 6) is 0.334. The molecule has 6 nitrogen and oxygen atoms in total. The predicted octanol–water partition coefficient (Wildman–Crippen LogP) is 2.46. The molecule has 3 saturated heterocycles. The molecule has 3 aliphatic rings. The summed E-state index contributed by atoms with van der Waals surface area (Å²) in [6, 6.07) is 0. The van der Waals surface area contributed by atoms with Crippen LogP contribution in [0.15, 0.2) is 25.3 Å². The molecule has 6 heteroatoms. The van der Waals surface area contributed by atoms with Crippen molar-refractivity contribution in [1.82, 2.24) is 14.7 Å². The van der Waals surface area contributed by atoms with Crippen LogP contribution in [-0.4, -0.2) is 84.5 Å². The first-order valence-electron chi connectivity index (χ1n) is 11.2. The van der Waals surface area contributed by atoms with Gasteiger partial charge in [0.25, 0.3) is 0 Å². The van der Waals surface area contributed by atoms with Crippen molar-refractivity contribution < 1.29 is 14.3 Å². The van der Waals surface area contributed by atoms with Crippen LogP contribution in [0.3, 0.4) is 0 Å². The lowest BCUT2D eigenvalue weighted by Crippen LogP contribution is -2.53. The lowest BCUT2D eigenvalue weighted by Gasteiger charge is -2.41. The molecule has 0 spiro atoms. The van der Waals surface area contributed by atoms with Gasteiger partial charge in [-0.2, -0.15) is 0 Å². The number of carbonyl (C=O) groups is 2. The summed E-state index contributed by atoms with van der Waals surface area (Å²) >= 11 is 0. The smallest absolute Gasteiger partial charge is 0.227 e. The molecule has 3 aliphatic heterocycles. The Labute approximate surface area is 175 Å². The SMILES string of the molecule is C=CCC1(CC=C)CCCN1C(=O)[C@@H]1CCC(=O)N(CCCN2CCOCC2)C1. The third-order valence-corrected chi connectivity index (χ3v) is 6.77. The van der Waals surface area contributed by atoms with E-state index in [4.69, 9.17) is 4.74 Å². The monoisotopic (exact) mass is 403 g/mol. The van der Waals surface area contributed by atoms with Gasteiger partial charge in [-0.05, 0) is 38.5 Å². The zero-order valence-corrected chi connectivity index (χ0v) is 17.8. The Bertz CT molecular complexity index is 590. The summed E-state index contributed by atoms with van der Waals surface area (Å²) < 4.78 is 5.39. The lowest BCUT2D eigenvalue weighted by atomic mass is 9.86. The van der Waals surface area contributed by atoms with Crippen LogP contribution in [0.2, 0.25) is 0 Å². The number of nitrogens with zero attached hydrogens (tertiary/aromatic N) is 3. The first-order chi connectivity index (χ1) is 14.1. The van der Waals surface area contributed by atoms with Crippen LogP contribution in [-0.2, 0) is 14.3 Å². The van der Waals surface area contributed by atoms with E-state index in [1.165, 1.54) is 0 Å². The Morgan fingerprint density at radius 3 is 2.55 bits per heavy atom. The highest BCUT2D eigenvalue weighted by Crippen LogP contribution is 2.38. The fourth-order valence-electron chi connectivity index (χ4n) is 5.19. The average molecular weight is 404 g/mol. The van der Waals surface area contributed by atoms with Crippen molar-refractivity contribution in [2.24, 2.45) is 5.92 Å². The molecular weight excluding hydrogens is 366 g/mol. The summed E-state index contributed by atoms with van der Waals surface area (Å²) in [7, 11) is 0. The fourth-order valence-corrected chi connectivity index (χ4v) is 5.19. The highest BCUT2D eigenvalue weighted by Gasteiger charge is 2.44. The van der Waals surface area contributed by atoms with Gasteiger partial charge in [0, 0.05) is 51.2 Å².